The second kappa shape index (κ2) is 16.4. The third-order valence-electron chi connectivity index (χ3n) is 11.0. The van der Waals surface area contributed by atoms with Crippen molar-refractivity contribution in [3.63, 3.8) is 0 Å². The molecule has 0 amide bonds. The highest BCUT2D eigenvalue weighted by Gasteiger charge is 2.16. The van der Waals surface area contributed by atoms with Crippen molar-refractivity contribution in [3.8, 4) is 22.3 Å². The number of benzene rings is 6. The van der Waals surface area contributed by atoms with Crippen LogP contribution in [-0.4, -0.2) is 0 Å². The van der Waals surface area contributed by atoms with Gasteiger partial charge in [0.2, 0.25) is 0 Å². The SMILES string of the molecule is C1=CC(c2ccc(N(C3=CCCC=C3)c3ccc(-c4ccc(-c5ccc(N(c6ccccc6)c6ccc(C7=CCCC=C7)cc6)cc5)cc4)cc3)cc2)=CCC1. The molecule has 0 unspecified atom stereocenters. The summed E-state index contributed by atoms with van der Waals surface area (Å²) >= 11 is 0. The number of para-hydroxylation sites is 1. The fraction of sp³-hybridized carbons (Fsp3) is 0.111. The number of anilines is 5. The van der Waals surface area contributed by atoms with E-state index in [9.17, 15) is 0 Å². The zero-order chi connectivity index (χ0) is 37.5. The van der Waals surface area contributed by atoms with Gasteiger partial charge in [0.25, 0.3) is 0 Å². The molecule has 9 rings (SSSR count). The van der Waals surface area contributed by atoms with Crippen LogP contribution in [0.5, 0.6) is 0 Å². The fourth-order valence-corrected chi connectivity index (χ4v) is 7.96. The van der Waals surface area contributed by atoms with Gasteiger partial charge in [0.05, 0.1) is 0 Å². The Morgan fingerprint density at radius 3 is 0.982 bits per heavy atom. The minimum Gasteiger partial charge on any atom is -0.311 e. The molecule has 272 valence electrons. The molecule has 0 atom stereocenters. The zero-order valence-corrected chi connectivity index (χ0v) is 31.8. The molecule has 2 heteroatoms. The Morgan fingerprint density at radius 2 is 0.607 bits per heavy atom. The Hall–Kier alpha value is -6.64. The van der Waals surface area contributed by atoms with Gasteiger partial charge in [-0.1, -0.05) is 140 Å². The van der Waals surface area contributed by atoms with Crippen molar-refractivity contribution in [2.45, 2.75) is 38.5 Å². The van der Waals surface area contributed by atoms with Gasteiger partial charge < -0.3 is 9.80 Å². The van der Waals surface area contributed by atoms with E-state index in [-0.39, 0.29) is 0 Å². The third kappa shape index (κ3) is 7.65. The molecule has 3 aliphatic rings. The van der Waals surface area contributed by atoms with Crippen molar-refractivity contribution in [2.75, 3.05) is 9.80 Å². The second-order valence-electron chi connectivity index (χ2n) is 14.7. The molecule has 6 aromatic rings. The van der Waals surface area contributed by atoms with Crippen LogP contribution in [0.4, 0.5) is 28.4 Å². The molecule has 0 aromatic heterocycles. The average molecular weight is 723 g/mol. The van der Waals surface area contributed by atoms with E-state index >= 15 is 0 Å². The standard InChI is InChI=1S/C54H46N2/c1-5-13-41(14-6-1)45-25-33-51(34-26-45)55(49-17-9-3-10-18-49)53-37-29-47(30-38-53)43-21-23-44(24-22-43)48-31-39-54(40-32-48)56(50-19-11-4-12-20-50)52-35-27-46(28-36-52)42-15-7-2-8-16-42/h3,5,7,9-11,13-40H,1-2,4,6,8,12H2. The number of allylic oxidation sites excluding steroid dienone is 11. The first-order chi connectivity index (χ1) is 27.8. The fourth-order valence-electron chi connectivity index (χ4n) is 7.96. The summed E-state index contributed by atoms with van der Waals surface area (Å²) in [6, 6.07) is 55.5. The van der Waals surface area contributed by atoms with Crippen LogP contribution in [0.2, 0.25) is 0 Å². The monoisotopic (exact) mass is 722 g/mol. The van der Waals surface area contributed by atoms with Gasteiger partial charge in [-0.25, -0.2) is 0 Å². The van der Waals surface area contributed by atoms with E-state index in [4.69, 9.17) is 0 Å². The molecule has 0 radical (unpaired) electrons. The van der Waals surface area contributed by atoms with Gasteiger partial charge in [0.15, 0.2) is 0 Å². The summed E-state index contributed by atoms with van der Waals surface area (Å²) < 4.78 is 0. The largest absolute Gasteiger partial charge is 0.311 e. The van der Waals surface area contributed by atoms with Crippen LogP contribution in [-0.2, 0) is 0 Å². The van der Waals surface area contributed by atoms with Gasteiger partial charge in [-0.3, -0.25) is 0 Å². The summed E-state index contributed by atoms with van der Waals surface area (Å²) in [6.45, 7) is 0. The normalized spacial score (nSPS) is 14.8. The van der Waals surface area contributed by atoms with Crippen LogP contribution >= 0.6 is 0 Å². The summed E-state index contributed by atoms with van der Waals surface area (Å²) in [5.74, 6) is 0. The van der Waals surface area contributed by atoms with Gasteiger partial charge in [-0.05, 0) is 150 Å². The summed E-state index contributed by atoms with van der Waals surface area (Å²) in [6.07, 6.45) is 27.2. The molecule has 0 bridgehead atoms. The molecule has 0 N–H and O–H groups in total. The predicted octanol–water partition coefficient (Wildman–Crippen LogP) is 15.3. The quantitative estimate of drug-likeness (QED) is 0.139. The molecule has 0 heterocycles. The van der Waals surface area contributed by atoms with E-state index in [1.165, 1.54) is 55.9 Å². The highest BCUT2D eigenvalue weighted by molar-refractivity contribution is 5.82. The first-order valence-corrected chi connectivity index (χ1v) is 20.0. The lowest BCUT2D eigenvalue weighted by Gasteiger charge is -2.28. The molecule has 6 aromatic carbocycles. The van der Waals surface area contributed by atoms with Crippen molar-refractivity contribution in [3.05, 3.63) is 223 Å². The van der Waals surface area contributed by atoms with Gasteiger partial charge in [-0.2, -0.15) is 0 Å². The second-order valence-corrected chi connectivity index (χ2v) is 14.7. The first kappa shape index (κ1) is 35.1. The predicted molar refractivity (Wildman–Crippen MR) is 240 cm³/mol. The van der Waals surface area contributed by atoms with Gasteiger partial charge in [0, 0.05) is 34.1 Å². The van der Waals surface area contributed by atoms with E-state index < -0.39 is 0 Å². The van der Waals surface area contributed by atoms with E-state index in [1.807, 2.05) is 0 Å². The summed E-state index contributed by atoms with van der Waals surface area (Å²) in [5.41, 5.74) is 16.9. The van der Waals surface area contributed by atoms with E-state index in [0.29, 0.717) is 0 Å². The van der Waals surface area contributed by atoms with Crippen LogP contribution in [0.15, 0.2) is 212 Å². The average Bonchev–Trinajstić information content (AvgIpc) is 3.29. The minimum absolute atomic E-state index is 1.06. The Bertz CT molecular complexity index is 2460. The number of hydrogen-bond acceptors (Lipinski definition) is 2. The Labute approximate surface area is 332 Å². The van der Waals surface area contributed by atoms with E-state index in [1.54, 1.807) is 0 Å². The van der Waals surface area contributed by atoms with E-state index in [2.05, 4.69) is 216 Å². The van der Waals surface area contributed by atoms with Crippen molar-refractivity contribution in [1.82, 2.24) is 0 Å². The molecular formula is C54H46N2. The highest BCUT2D eigenvalue weighted by Crippen LogP contribution is 2.38. The maximum Gasteiger partial charge on any atom is 0.0462 e. The van der Waals surface area contributed by atoms with Gasteiger partial charge >= 0.3 is 0 Å². The molecule has 0 saturated carbocycles. The lowest BCUT2D eigenvalue weighted by Crippen LogP contribution is -2.16. The molecular weight excluding hydrogens is 677 g/mol. The minimum atomic E-state index is 1.06. The Morgan fingerprint density at radius 1 is 0.268 bits per heavy atom. The molecule has 0 fully saturated rings. The van der Waals surface area contributed by atoms with Crippen molar-refractivity contribution >= 4 is 39.6 Å². The molecule has 0 spiro atoms. The maximum atomic E-state index is 2.38. The van der Waals surface area contributed by atoms with Crippen molar-refractivity contribution < 1.29 is 0 Å². The molecule has 0 saturated heterocycles. The van der Waals surface area contributed by atoms with Crippen LogP contribution in [0.1, 0.15) is 49.7 Å². The van der Waals surface area contributed by atoms with Crippen LogP contribution in [0.25, 0.3) is 33.4 Å². The number of rotatable bonds is 10. The summed E-state index contributed by atoms with van der Waals surface area (Å²) in [4.78, 5) is 4.71. The Kier molecular flexibility index (Phi) is 10.3. The zero-order valence-electron chi connectivity index (χ0n) is 31.8. The highest BCUT2D eigenvalue weighted by atomic mass is 15.1. The third-order valence-corrected chi connectivity index (χ3v) is 11.0. The maximum absolute atomic E-state index is 2.38. The van der Waals surface area contributed by atoms with E-state index in [0.717, 1.165) is 61.3 Å². The van der Waals surface area contributed by atoms with Crippen molar-refractivity contribution in [1.29, 1.82) is 0 Å². The molecule has 3 aliphatic carbocycles. The lowest BCUT2D eigenvalue weighted by atomic mass is 9.98. The van der Waals surface area contributed by atoms with Gasteiger partial charge in [0.1, 0.15) is 0 Å². The van der Waals surface area contributed by atoms with Crippen molar-refractivity contribution in [2.24, 2.45) is 0 Å². The Balaban J connectivity index is 0.935. The first-order valence-electron chi connectivity index (χ1n) is 20.0. The van der Waals surface area contributed by atoms with Gasteiger partial charge in [-0.15, -0.1) is 0 Å². The summed E-state index contributed by atoms with van der Waals surface area (Å²) in [5, 5.41) is 0. The molecule has 56 heavy (non-hydrogen) atoms. The molecule has 2 nitrogen and oxygen atoms in total. The topological polar surface area (TPSA) is 6.48 Å². The van der Waals surface area contributed by atoms with Crippen LogP contribution < -0.4 is 9.80 Å². The summed E-state index contributed by atoms with van der Waals surface area (Å²) in [7, 11) is 0. The lowest BCUT2D eigenvalue weighted by molar-refractivity contribution is 0.997. The number of hydrogen-bond donors (Lipinski definition) is 0. The van der Waals surface area contributed by atoms with Crippen LogP contribution in [0.3, 0.4) is 0 Å². The smallest absolute Gasteiger partial charge is 0.0462 e. The molecule has 0 aliphatic heterocycles. The van der Waals surface area contributed by atoms with Crippen LogP contribution in [0, 0.1) is 0 Å². The number of nitrogens with zero attached hydrogens (tertiary/aromatic N) is 2.